The molecular weight excluding hydrogens is 490 g/mol. The van der Waals surface area contributed by atoms with Crippen LogP contribution in [0.25, 0.3) is 0 Å². The molecule has 0 bridgehead atoms. The number of hydrogen-bond acceptors (Lipinski definition) is 6. The zero-order valence-electron chi connectivity index (χ0n) is 20.0. The Labute approximate surface area is 215 Å². The molecule has 1 radical (unpaired) electrons. The molecule has 0 unspecified atom stereocenters. The molecule has 8 heteroatoms. The first kappa shape index (κ1) is 25.7. The van der Waals surface area contributed by atoms with E-state index in [-0.39, 0.29) is 34.9 Å². The smallest absolute Gasteiger partial charge is 0.340 e. The monoisotopic (exact) mass is 514 g/mol. The van der Waals surface area contributed by atoms with Gasteiger partial charge in [0, 0.05) is 0 Å². The van der Waals surface area contributed by atoms with Gasteiger partial charge < -0.3 is 9.47 Å². The number of benzene rings is 4. The highest BCUT2D eigenvalue weighted by Crippen LogP contribution is 2.24. The van der Waals surface area contributed by atoms with E-state index in [1.165, 1.54) is 36.4 Å². The van der Waals surface area contributed by atoms with Crippen LogP contribution in [-0.2, 0) is 32.7 Å². The molecular formula is C29H24NO6S. The first-order chi connectivity index (χ1) is 17.8. The second-order valence-electron chi connectivity index (χ2n) is 8.20. The van der Waals surface area contributed by atoms with Gasteiger partial charge in [0.15, 0.2) is 0 Å². The molecule has 4 aromatic carbocycles. The minimum atomic E-state index is -4.09. The maximum atomic E-state index is 13.1. The molecule has 7 nitrogen and oxygen atoms in total. The molecule has 0 atom stereocenters. The van der Waals surface area contributed by atoms with Crippen LogP contribution >= 0.6 is 0 Å². The van der Waals surface area contributed by atoms with Gasteiger partial charge in [0.1, 0.15) is 13.2 Å². The van der Waals surface area contributed by atoms with E-state index in [1.54, 1.807) is 19.1 Å². The zero-order chi connectivity index (χ0) is 26.3. The average Bonchev–Trinajstić information content (AvgIpc) is 2.91. The van der Waals surface area contributed by atoms with E-state index in [1.807, 2.05) is 48.5 Å². The molecule has 0 spiro atoms. The van der Waals surface area contributed by atoms with E-state index < -0.39 is 22.0 Å². The van der Waals surface area contributed by atoms with Crippen LogP contribution in [0.2, 0.25) is 0 Å². The molecule has 0 saturated carbocycles. The minimum Gasteiger partial charge on any atom is -0.457 e. The molecule has 4 aromatic rings. The Morgan fingerprint density at radius 3 is 1.97 bits per heavy atom. The number of esters is 2. The quantitative estimate of drug-likeness (QED) is 0.304. The van der Waals surface area contributed by atoms with Crippen molar-refractivity contribution in [3.63, 3.8) is 0 Å². The lowest BCUT2D eigenvalue weighted by Gasteiger charge is -2.14. The largest absolute Gasteiger partial charge is 0.457 e. The molecule has 4 rings (SSSR count). The summed E-state index contributed by atoms with van der Waals surface area (Å²) >= 11 is 0. The van der Waals surface area contributed by atoms with Gasteiger partial charge in [-0.1, -0.05) is 66.7 Å². The van der Waals surface area contributed by atoms with Gasteiger partial charge >= 0.3 is 11.9 Å². The second kappa shape index (κ2) is 11.5. The van der Waals surface area contributed by atoms with Gasteiger partial charge in [-0.3, -0.25) is 4.72 Å². The number of anilines is 1. The highest BCUT2D eigenvalue weighted by molar-refractivity contribution is 7.92. The second-order valence-corrected chi connectivity index (χ2v) is 9.88. The van der Waals surface area contributed by atoms with Gasteiger partial charge in [-0.15, -0.1) is 0 Å². The van der Waals surface area contributed by atoms with Crippen LogP contribution in [0.5, 0.6) is 0 Å². The minimum absolute atomic E-state index is 0.000443. The summed E-state index contributed by atoms with van der Waals surface area (Å²) in [6.07, 6.45) is 0. The average molecular weight is 515 g/mol. The summed E-state index contributed by atoms with van der Waals surface area (Å²) in [7, 11) is -4.09. The zero-order valence-corrected chi connectivity index (χ0v) is 20.8. The third-order valence-electron chi connectivity index (χ3n) is 5.37. The van der Waals surface area contributed by atoms with Crippen LogP contribution in [0.1, 0.15) is 37.4 Å². The fourth-order valence-corrected chi connectivity index (χ4v) is 4.63. The standard InChI is InChI=1S/C29H24NO6S/c1-21-9-8-14-25(17-21)37(33,34)30-27-18-24(28(31)35-19-22-10-4-2-5-11-22)15-16-26(27)29(32)36-20-23-12-6-3-7-13-23/h2-8,10-18,30H,19-20H2,1H3. The molecule has 1 N–H and O–H groups in total. The fraction of sp³-hybridized carbons (Fsp3) is 0.103. The van der Waals surface area contributed by atoms with Gasteiger partial charge in [0.25, 0.3) is 10.0 Å². The van der Waals surface area contributed by atoms with Crippen LogP contribution in [0, 0.1) is 13.0 Å². The van der Waals surface area contributed by atoms with Crippen LogP contribution in [-0.4, -0.2) is 20.4 Å². The van der Waals surface area contributed by atoms with Crippen molar-refractivity contribution in [1.82, 2.24) is 0 Å². The Balaban J connectivity index is 1.61. The van der Waals surface area contributed by atoms with Crippen molar-refractivity contribution < 1.29 is 27.5 Å². The van der Waals surface area contributed by atoms with Crippen LogP contribution < -0.4 is 4.72 Å². The maximum Gasteiger partial charge on any atom is 0.340 e. The Hall–Kier alpha value is -4.43. The van der Waals surface area contributed by atoms with Crippen molar-refractivity contribution in [3.8, 4) is 0 Å². The van der Waals surface area contributed by atoms with Crippen LogP contribution in [0.15, 0.2) is 102 Å². The SMILES string of the molecule is Cc1[c]ccc(S(=O)(=O)Nc2cc(C(=O)OCc3ccccc3)ccc2C(=O)OCc2ccccc2)c1. The molecule has 0 aliphatic rings. The Bertz CT molecular complexity index is 1500. The molecule has 0 amide bonds. The predicted molar refractivity (Wildman–Crippen MR) is 138 cm³/mol. The number of hydrogen-bond donors (Lipinski definition) is 1. The highest BCUT2D eigenvalue weighted by atomic mass is 32.2. The topological polar surface area (TPSA) is 98.8 Å². The van der Waals surface area contributed by atoms with Crippen molar-refractivity contribution in [1.29, 1.82) is 0 Å². The highest BCUT2D eigenvalue weighted by Gasteiger charge is 2.22. The van der Waals surface area contributed by atoms with Crippen molar-refractivity contribution in [3.05, 3.63) is 131 Å². The molecule has 187 valence electrons. The summed E-state index contributed by atoms with van der Waals surface area (Å²) in [5, 5.41) is 0. The van der Waals surface area contributed by atoms with Crippen molar-refractivity contribution >= 4 is 27.6 Å². The summed E-state index contributed by atoms with van der Waals surface area (Å²) in [5.74, 6) is -1.41. The number of carbonyl (C=O) groups excluding carboxylic acids is 2. The van der Waals surface area contributed by atoms with Gasteiger partial charge in [0.2, 0.25) is 0 Å². The normalized spacial score (nSPS) is 10.9. The Kier molecular flexibility index (Phi) is 8.00. The molecule has 37 heavy (non-hydrogen) atoms. The van der Waals surface area contributed by atoms with E-state index in [4.69, 9.17) is 9.47 Å². The first-order valence-electron chi connectivity index (χ1n) is 11.4. The summed E-state index contributed by atoms with van der Waals surface area (Å²) in [6, 6.07) is 29.5. The van der Waals surface area contributed by atoms with E-state index in [0.29, 0.717) is 5.56 Å². The van der Waals surface area contributed by atoms with Gasteiger partial charge in [-0.2, -0.15) is 0 Å². The van der Waals surface area contributed by atoms with Crippen molar-refractivity contribution in [2.45, 2.75) is 25.0 Å². The van der Waals surface area contributed by atoms with E-state index in [2.05, 4.69) is 10.8 Å². The van der Waals surface area contributed by atoms with Crippen LogP contribution in [0.3, 0.4) is 0 Å². The lowest BCUT2D eigenvalue weighted by molar-refractivity contribution is 0.0459. The van der Waals surface area contributed by atoms with Crippen molar-refractivity contribution in [2.75, 3.05) is 4.72 Å². The Morgan fingerprint density at radius 2 is 1.38 bits per heavy atom. The third-order valence-corrected chi connectivity index (χ3v) is 6.74. The van der Waals surface area contributed by atoms with Crippen LogP contribution in [0.4, 0.5) is 5.69 Å². The number of sulfonamides is 1. The molecule has 0 fully saturated rings. The fourth-order valence-electron chi connectivity index (χ4n) is 3.47. The van der Waals surface area contributed by atoms with Crippen molar-refractivity contribution in [2.24, 2.45) is 0 Å². The number of rotatable bonds is 9. The molecule has 0 aliphatic carbocycles. The number of carbonyl (C=O) groups is 2. The third kappa shape index (κ3) is 6.83. The van der Waals surface area contributed by atoms with E-state index in [0.717, 1.165) is 11.1 Å². The molecule has 0 saturated heterocycles. The number of aryl methyl sites for hydroxylation is 1. The summed E-state index contributed by atoms with van der Waals surface area (Å²) in [4.78, 5) is 25.6. The molecule has 0 aromatic heterocycles. The molecule has 0 aliphatic heterocycles. The van der Waals surface area contributed by atoms with E-state index in [9.17, 15) is 18.0 Å². The van der Waals surface area contributed by atoms with Gasteiger partial charge in [-0.25, -0.2) is 18.0 Å². The summed E-state index contributed by atoms with van der Waals surface area (Å²) in [6.45, 7) is 1.76. The predicted octanol–water partition coefficient (Wildman–Crippen LogP) is 5.31. The summed E-state index contributed by atoms with van der Waals surface area (Å²) < 4.78 is 39.4. The first-order valence-corrected chi connectivity index (χ1v) is 12.9. The van der Waals surface area contributed by atoms with Gasteiger partial charge in [0.05, 0.1) is 21.7 Å². The molecule has 0 heterocycles. The Morgan fingerprint density at radius 1 is 0.784 bits per heavy atom. The van der Waals surface area contributed by atoms with E-state index >= 15 is 0 Å². The maximum absolute atomic E-state index is 13.1. The number of nitrogens with one attached hydrogen (secondary N) is 1. The lowest BCUT2D eigenvalue weighted by atomic mass is 10.1. The van der Waals surface area contributed by atoms with Gasteiger partial charge in [-0.05, 0) is 60.0 Å². The summed E-state index contributed by atoms with van der Waals surface area (Å²) in [5.41, 5.74) is 2.13. The number of ether oxygens (including phenoxy) is 2. The lowest BCUT2D eigenvalue weighted by Crippen LogP contribution is -2.18.